The largest absolute Gasteiger partial charge is 0.490 e. The van der Waals surface area contributed by atoms with E-state index in [0.717, 1.165) is 0 Å². The molecule has 0 N–H and O–H groups in total. The Morgan fingerprint density at radius 1 is 1.06 bits per heavy atom. The Labute approximate surface area is 83.4 Å². The number of nitrogens with zero attached hydrogens (tertiary/aromatic N) is 1. The van der Waals surface area contributed by atoms with Crippen LogP contribution < -0.4 is 0 Å². The highest BCUT2D eigenvalue weighted by molar-refractivity contribution is 5.92. The lowest BCUT2D eigenvalue weighted by Gasteiger charge is -2.12. The van der Waals surface area contributed by atoms with Gasteiger partial charge in [0.25, 0.3) is 11.9 Å². The van der Waals surface area contributed by atoms with Gasteiger partial charge in [0.15, 0.2) is 0 Å². The first-order chi connectivity index (χ1) is 7.00. The number of esters is 1. The van der Waals surface area contributed by atoms with Crippen LogP contribution in [-0.4, -0.2) is 30.2 Å². The number of nitriles is 1. The quantitative estimate of drug-likeness (QED) is 0.543. The van der Waals surface area contributed by atoms with Crippen LogP contribution in [0.1, 0.15) is 0 Å². The summed E-state index contributed by atoms with van der Waals surface area (Å²) in [4.78, 5) is 20.3. The van der Waals surface area contributed by atoms with Crippen molar-refractivity contribution in [3.8, 4) is 6.07 Å². The summed E-state index contributed by atoms with van der Waals surface area (Å²) in [6.45, 7) is 0. The lowest BCUT2D eigenvalue weighted by atomic mass is 10.2. The zero-order valence-electron chi connectivity index (χ0n) is 7.02. The fourth-order valence-electron chi connectivity index (χ4n) is 0.461. The minimum atomic E-state index is -5.58. The molecule has 0 heterocycles. The van der Waals surface area contributed by atoms with Crippen molar-refractivity contribution in [2.24, 2.45) is 0 Å². The van der Waals surface area contributed by atoms with Crippen molar-refractivity contribution in [1.29, 1.82) is 5.26 Å². The van der Waals surface area contributed by atoms with Gasteiger partial charge in [0.05, 0.1) is 0 Å². The number of ketones is 1. The summed E-state index contributed by atoms with van der Waals surface area (Å²) in [7, 11) is 0. The van der Waals surface area contributed by atoms with Crippen LogP contribution in [0.25, 0.3) is 0 Å². The van der Waals surface area contributed by atoms with Gasteiger partial charge in [-0.3, -0.25) is 4.79 Å². The minimum absolute atomic E-state index is 0.499. The molecule has 0 aliphatic heterocycles. The number of hydrogen-bond donors (Lipinski definition) is 0. The third-order valence-corrected chi connectivity index (χ3v) is 1.09. The number of rotatable bonds is 2. The molecule has 0 aliphatic carbocycles. The van der Waals surface area contributed by atoms with Crippen LogP contribution in [0.15, 0.2) is 0 Å². The van der Waals surface area contributed by atoms with Crippen LogP contribution in [0.2, 0.25) is 0 Å². The molecule has 0 aromatic carbocycles. The molecule has 0 bridgehead atoms. The van der Waals surface area contributed by atoms with Crippen molar-refractivity contribution < 1.29 is 40.7 Å². The first-order valence-electron chi connectivity index (χ1n) is 3.28. The molecule has 1 unspecified atom stereocenters. The molecule has 1 atom stereocenters. The lowest BCUT2D eigenvalue weighted by molar-refractivity contribution is -0.208. The smallest absolute Gasteiger partial charge is 0.432 e. The van der Waals surface area contributed by atoms with Crippen molar-refractivity contribution in [2.45, 2.75) is 18.5 Å². The third-order valence-electron chi connectivity index (χ3n) is 1.09. The summed E-state index contributed by atoms with van der Waals surface area (Å²) in [5, 5.41) is 7.96. The lowest BCUT2D eigenvalue weighted by Crippen LogP contribution is -2.39. The minimum Gasteiger partial charge on any atom is -0.432 e. The Bertz CT molecular complexity index is 338. The Morgan fingerprint density at radius 2 is 1.50 bits per heavy atom. The highest BCUT2D eigenvalue weighted by Gasteiger charge is 2.49. The highest BCUT2D eigenvalue weighted by Crippen LogP contribution is 2.22. The second-order valence-corrected chi connectivity index (χ2v) is 2.27. The molecule has 0 saturated carbocycles. The molecule has 0 rings (SSSR count). The molecule has 0 fully saturated rings. The van der Waals surface area contributed by atoms with E-state index in [1.807, 2.05) is 0 Å². The molecular weight excluding hydrogens is 248 g/mol. The average molecular weight is 249 g/mol. The van der Waals surface area contributed by atoms with Crippen molar-refractivity contribution in [3.05, 3.63) is 0 Å². The maximum Gasteiger partial charge on any atom is 0.490 e. The monoisotopic (exact) mass is 249 g/mol. The van der Waals surface area contributed by atoms with Crippen LogP contribution in [0.5, 0.6) is 0 Å². The van der Waals surface area contributed by atoms with E-state index in [-0.39, 0.29) is 0 Å². The first-order valence-corrected chi connectivity index (χ1v) is 3.28. The summed E-state index contributed by atoms with van der Waals surface area (Å²) in [6.07, 6.45) is -14.3. The molecule has 0 aromatic heterocycles. The second kappa shape index (κ2) is 4.38. The predicted octanol–water partition coefficient (Wildman–Crippen LogP) is 1.12. The van der Waals surface area contributed by atoms with Crippen LogP contribution in [-0.2, 0) is 14.3 Å². The van der Waals surface area contributed by atoms with Crippen molar-refractivity contribution in [3.63, 3.8) is 0 Å². The fourth-order valence-corrected chi connectivity index (χ4v) is 0.461. The SMILES string of the molecule is N#CC(OC(=O)C(F)(F)F)C(=O)C(F)(F)F. The van der Waals surface area contributed by atoms with Gasteiger partial charge in [0.1, 0.15) is 6.07 Å². The van der Waals surface area contributed by atoms with Gasteiger partial charge in [-0.15, -0.1) is 0 Å². The molecule has 0 aliphatic rings. The van der Waals surface area contributed by atoms with Gasteiger partial charge in [-0.05, 0) is 0 Å². The van der Waals surface area contributed by atoms with Gasteiger partial charge in [-0.25, -0.2) is 4.79 Å². The summed E-state index contributed by atoms with van der Waals surface area (Å²) in [6, 6.07) is 0.499. The van der Waals surface area contributed by atoms with Crippen molar-refractivity contribution >= 4 is 11.8 Å². The van der Waals surface area contributed by atoms with Crippen molar-refractivity contribution in [2.75, 3.05) is 0 Å². The number of carbonyl (C=O) groups is 2. The highest BCUT2D eigenvalue weighted by atomic mass is 19.4. The molecule has 0 aromatic rings. The number of halogens is 6. The Balaban J connectivity index is 4.77. The van der Waals surface area contributed by atoms with Crippen LogP contribution >= 0.6 is 0 Å². The molecule has 16 heavy (non-hydrogen) atoms. The number of Topliss-reactive ketones (excluding diaryl/α,β-unsaturated/α-hetero) is 1. The molecule has 0 spiro atoms. The zero-order chi connectivity index (χ0) is 13.1. The fraction of sp³-hybridized carbons (Fsp3) is 0.500. The van der Waals surface area contributed by atoms with Gasteiger partial charge in [0, 0.05) is 0 Å². The van der Waals surface area contributed by atoms with Gasteiger partial charge in [0.2, 0.25) is 0 Å². The summed E-state index contributed by atoms with van der Waals surface area (Å²) in [5.41, 5.74) is 0. The van der Waals surface area contributed by atoms with E-state index < -0.39 is 30.2 Å². The van der Waals surface area contributed by atoms with E-state index in [2.05, 4.69) is 4.74 Å². The Kier molecular flexibility index (Phi) is 3.89. The average Bonchev–Trinajstić information content (AvgIpc) is 2.09. The Morgan fingerprint density at radius 3 is 1.75 bits per heavy atom. The van der Waals surface area contributed by atoms with E-state index in [4.69, 9.17) is 5.26 Å². The number of carbonyl (C=O) groups excluding carboxylic acids is 2. The standard InChI is InChI=1S/C6HF6NO3/c7-5(8,9)3(14)2(1-13)16-4(15)6(10,11)12/h2H. The van der Waals surface area contributed by atoms with Crippen LogP contribution in [0.4, 0.5) is 26.3 Å². The van der Waals surface area contributed by atoms with E-state index in [1.165, 1.54) is 0 Å². The summed E-state index contributed by atoms with van der Waals surface area (Å²) in [5.74, 6) is -5.93. The van der Waals surface area contributed by atoms with E-state index in [9.17, 15) is 35.9 Å². The molecular formula is C6HF6NO3. The predicted molar refractivity (Wildman–Crippen MR) is 32.6 cm³/mol. The number of ether oxygens (including phenoxy) is 1. The molecule has 0 saturated heterocycles. The number of hydrogen-bond acceptors (Lipinski definition) is 4. The van der Waals surface area contributed by atoms with Gasteiger partial charge in [-0.2, -0.15) is 31.6 Å². The molecule has 0 amide bonds. The van der Waals surface area contributed by atoms with Crippen LogP contribution in [0, 0.1) is 11.3 Å². The van der Waals surface area contributed by atoms with E-state index >= 15 is 0 Å². The first kappa shape index (κ1) is 14.2. The van der Waals surface area contributed by atoms with E-state index in [0.29, 0.717) is 6.07 Å². The third kappa shape index (κ3) is 3.76. The van der Waals surface area contributed by atoms with E-state index in [1.54, 1.807) is 0 Å². The maximum absolute atomic E-state index is 11.7. The molecule has 10 heteroatoms. The summed E-state index contributed by atoms with van der Waals surface area (Å²) < 4.78 is 72.6. The molecule has 4 nitrogen and oxygen atoms in total. The maximum atomic E-state index is 11.7. The molecule has 0 radical (unpaired) electrons. The second-order valence-electron chi connectivity index (χ2n) is 2.27. The van der Waals surface area contributed by atoms with Gasteiger partial charge < -0.3 is 4.74 Å². The van der Waals surface area contributed by atoms with Crippen LogP contribution in [0.3, 0.4) is 0 Å². The zero-order valence-corrected chi connectivity index (χ0v) is 7.02. The van der Waals surface area contributed by atoms with Gasteiger partial charge >= 0.3 is 18.3 Å². The topological polar surface area (TPSA) is 67.2 Å². The molecule has 90 valence electrons. The van der Waals surface area contributed by atoms with Gasteiger partial charge in [-0.1, -0.05) is 0 Å². The Hall–Kier alpha value is -1.79. The normalized spacial score (nSPS) is 13.8. The number of alkyl halides is 6. The van der Waals surface area contributed by atoms with Crippen molar-refractivity contribution in [1.82, 2.24) is 0 Å². The summed E-state index contributed by atoms with van der Waals surface area (Å²) >= 11 is 0.